The predicted molar refractivity (Wildman–Crippen MR) is 185 cm³/mol. The molecular formula is C40H53N3O5. The average molecular weight is 656 g/mol. The highest BCUT2D eigenvalue weighted by atomic mass is 16.5. The number of Topliss-reactive ketones (excluding diaryl/α,β-unsaturated/α-hetero) is 1. The molecule has 3 unspecified atom stereocenters. The van der Waals surface area contributed by atoms with Crippen molar-refractivity contribution in [2.45, 2.75) is 104 Å². The first-order chi connectivity index (χ1) is 23.1. The van der Waals surface area contributed by atoms with E-state index in [-0.39, 0.29) is 48.3 Å². The second kappa shape index (κ2) is 14.4. The van der Waals surface area contributed by atoms with Gasteiger partial charge < -0.3 is 20.7 Å². The maximum atomic E-state index is 13.3. The summed E-state index contributed by atoms with van der Waals surface area (Å²) in [4.78, 5) is 51.6. The molecule has 8 heteroatoms. The lowest BCUT2D eigenvalue weighted by molar-refractivity contribution is -0.136. The van der Waals surface area contributed by atoms with Gasteiger partial charge in [0.05, 0.1) is 6.54 Å². The highest BCUT2D eigenvalue weighted by Gasteiger charge is 2.60. The monoisotopic (exact) mass is 655 g/mol. The number of carbonyl (C=O) groups is 4. The van der Waals surface area contributed by atoms with Crippen LogP contribution in [0.4, 0.5) is 4.79 Å². The minimum Gasteiger partial charge on any atom is -0.445 e. The van der Waals surface area contributed by atoms with E-state index in [1.807, 2.05) is 60.7 Å². The zero-order valence-electron chi connectivity index (χ0n) is 28.8. The van der Waals surface area contributed by atoms with Crippen LogP contribution < -0.4 is 16.0 Å². The summed E-state index contributed by atoms with van der Waals surface area (Å²) in [5.74, 6) is 2.63. The van der Waals surface area contributed by atoms with Gasteiger partial charge in [0.15, 0.2) is 0 Å². The number of alkyl carbamates (subject to hydrolysis) is 1. The van der Waals surface area contributed by atoms with E-state index in [1.165, 1.54) is 25.7 Å². The first-order valence-electron chi connectivity index (χ1n) is 18.2. The van der Waals surface area contributed by atoms with Crippen molar-refractivity contribution in [2.75, 3.05) is 6.54 Å². The van der Waals surface area contributed by atoms with Crippen molar-refractivity contribution in [3.63, 3.8) is 0 Å². The summed E-state index contributed by atoms with van der Waals surface area (Å²) in [5.41, 5.74) is 2.19. The molecule has 0 aromatic heterocycles. The third-order valence-electron chi connectivity index (χ3n) is 13.0. The van der Waals surface area contributed by atoms with Crippen molar-refractivity contribution >= 4 is 23.7 Å². The average Bonchev–Trinajstić information content (AvgIpc) is 3.45. The molecule has 4 saturated carbocycles. The summed E-state index contributed by atoms with van der Waals surface area (Å²) in [6, 6.07) is 18.0. The van der Waals surface area contributed by atoms with E-state index in [1.54, 1.807) is 6.92 Å². The lowest BCUT2D eigenvalue weighted by atomic mass is 9.44. The molecular weight excluding hydrogens is 602 g/mol. The molecule has 4 aliphatic rings. The van der Waals surface area contributed by atoms with Crippen molar-refractivity contribution in [3.05, 3.63) is 71.8 Å². The summed E-state index contributed by atoms with van der Waals surface area (Å²) >= 11 is 0. The summed E-state index contributed by atoms with van der Waals surface area (Å²) in [6.45, 7) is 6.67. The maximum absolute atomic E-state index is 13.3. The normalized spacial score (nSPS) is 32.8. The van der Waals surface area contributed by atoms with E-state index < -0.39 is 18.0 Å². The number of nitrogens with one attached hydrogen (secondary N) is 3. The summed E-state index contributed by atoms with van der Waals surface area (Å²) in [5, 5.41) is 8.69. The van der Waals surface area contributed by atoms with Gasteiger partial charge in [-0.05, 0) is 110 Å². The molecule has 2 aromatic carbocycles. The number of carbonyl (C=O) groups excluding carboxylic acids is 4. The van der Waals surface area contributed by atoms with Crippen molar-refractivity contribution in [1.29, 1.82) is 0 Å². The van der Waals surface area contributed by atoms with Gasteiger partial charge in [0.2, 0.25) is 11.8 Å². The van der Waals surface area contributed by atoms with Crippen LogP contribution in [0.1, 0.15) is 89.7 Å². The fraction of sp³-hybridized carbons (Fsp3) is 0.600. The van der Waals surface area contributed by atoms with Crippen LogP contribution in [-0.2, 0) is 32.1 Å². The quantitative estimate of drug-likeness (QED) is 0.275. The van der Waals surface area contributed by atoms with Crippen LogP contribution in [0.3, 0.4) is 0 Å². The van der Waals surface area contributed by atoms with Gasteiger partial charge in [0.1, 0.15) is 18.4 Å². The molecule has 0 saturated heterocycles. The molecule has 6 rings (SSSR count). The Morgan fingerprint density at radius 1 is 0.812 bits per heavy atom. The van der Waals surface area contributed by atoms with Crippen LogP contribution in [0.5, 0.6) is 0 Å². The van der Waals surface area contributed by atoms with Crippen LogP contribution in [0.2, 0.25) is 0 Å². The molecule has 0 aliphatic heterocycles. The standard InChI is InChI=1S/C40H53N3O5/c1-26(44)32-16-17-33-31-15-14-29-23-30(18-20-39(29,2)34(31)19-21-40(32,33)3)42-36(45)24-41-37(46)35(22-27-10-6-4-7-11-27)43-38(47)48-25-28-12-8-5-9-13-28/h4-13,29-35H,14-25H2,1-3H3,(H,41,46)(H,42,45)(H,43,47)/t29?,30?,31-,32+,33-,34-,35?,39-,40+/m0/s1. The van der Waals surface area contributed by atoms with E-state index in [4.69, 9.17) is 4.74 Å². The van der Waals surface area contributed by atoms with Gasteiger partial charge in [-0.15, -0.1) is 0 Å². The number of ether oxygens (including phenoxy) is 1. The summed E-state index contributed by atoms with van der Waals surface area (Å²) < 4.78 is 5.37. The second-order valence-corrected chi connectivity index (χ2v) is 15.6. The molecule has 2 aromatic rings. The Morgan fingerprint density at radius 3 is 2.19 bits per heavy atom. The van der Waals surface area contributed by atoms with E-state index in [0.717, 1.165) is 43.2 Å². The highest BCUT2D eigenvalue weighted by molar-refractivity contribution is 5.89. The van der Waals surface area contributed by atoms with Crippen molar-refractivity contribution in [3.8, 4) is 0 Å². The van der Waals surface area contributed by atoms with Gasteiger partial charge in [-0.25, -0.2) is 4.79 Å². The Hall–Kier alpha value is -3.68. The minimum absolute atomic E-state index is 0.0951. The van der Waals surface area contributed by atoms with E-state index in [0.29, 0.717) is 29.5 Å². The zero-order chi connectivity index (χ0) is 33.9. The molecule has 9 atom stereocenters. The largest absolute Gasteiger partial charge is 0.445 e. The van der Waals surface area contributed by atoms with Gasteiger partial charge in [0, 0.05) is 18.4 Å². The van der Waals surface area contributed by atoms with Crippen molar-refractivity contribution in [2.24, 2.45) is 40.4 Å². The lowest BCUT2D eigenvalue weighted by Crippen LogP contribution is -2.56. The van der Waals surface area contributed by atoms with Gasteiger partial charge in [-0.3, -0.25) is 14.4 Å². The number of hydrogen-bond acceptors (Lipinski definition) is 5. The van der Waals surface area contributed by atoms with Crippen molar-refractivity contribution in [1.82, 2.24) is 16.0 Å². The molecule has 0 bridgehead atoms. The van der Waals surface area contributed by atoms with Crippen LogP contribution >= 0.6 is 0 Å². The summed E-state index contributed by atoms with van der Waals surface area (Å²) in [6.07, 6.45) is 9.66. The van der Waals surface area contributed by atoms with Gasteiger partial charge in [0.25, 0.3) is 0 Å². The first kappa shape index (κ1) is 34.2. The van der Waals surface area contributed by atoms with Crippen LogP contribution in [0, 0.1) is 40.4 Å². The smallest absolute Gasteiger partial charge is 0.408 e. The van der Waals surface area contributed by atoms with Gasteiger partial charge in [-0.1, -0.05) is 74.5 Å². The van der Waals surface area contributed by atoms with E-state index in [2.05, 4.69) is 29.8 Å². The second-order valence-electron chi connectivity index (χ2n) is 15.6. The van der Waals surface area contributed by atoms with E-state index in [9.17, 15) is 19.2 Å². The molecule has 0 radical (unpaired) electrons. The van der Waals surface area contributed by atoms with Gasteiger partial charge in [-0.2, -0.15) is 0 Å². The minimum atomic E-state index is -0.892. The van der Waals surface area contributed by atoms with Crippen LogP contribution in [-0.4, -0.2) is 42.3 Å². The Bertz CT molecular complexity index is 1470. The Kier molecular flexibility index (Phi) is 10.3. The topological polar surface area (TPSA) is 114 Å². The van der Waals surface area contributed by atoms with E-state index >= 15 is 0 Å². The highest BCUT2D eigenvalue weighted by Crippen LogP contribution is 2.67. The lowest BCUT2D eigenvalue weighted by Gasteiger charge is -2.61. The molecule has 48 heavy (non-hydrogen) atoms. The third kappa shape index (κ3) is 7.18. The summed E-state index contributed by atoms with van der Waals surface area (Å²) in [7, 11) is 0. The molecule has 258 valence electrons. The molecule has 0 heterocycles. The Balaban J connectivity index is 1.00. The SMILES string of the molecule is CC(=O)[C@H]1CC[C@H]2[C@@H]3CCC4CC(NC(=O)CNC(=O)C(Cc5ccccc5)NC(=O)OCc5ccccc5)CC[C@]4(C)[C@H]3CC[C@]12C. The fourth-order valence-corrected chi connectivity index (χ4v) is 10.6. The Labute approximate surface area is 285 Å². The molecule has 8 nitrogen and oxygen atoms in total. The fourth-order valence-electron chi connectivity index (χ4n) is 10.6. The number of hydrogen-bond donors (Lipinski definition) is 3. The number of fused-ring (bicyclic) bond motifs is 5. The van der Waals surface area contributed by atoms with Gasteiger partial charge >= 0.3 is 6.09 Å². The molecule has 0 spiro atoms. The number of rotatable bonds is 10. The van der Waals surface area contributed by atoms with Crippen LogP contribution in [0.15, 0.2) is 60.7 Å². The Morgan fingerprint density at radius 2 is 1.48 bits per heavy atom. The molecule has 3 N–H and O–H groups in total. The van der Waals surface area contributed by atoms with Crippen LogP contribution in [0.25, 0.3) is 0 Å². The molecule has 4 aliphatic carbocycles. The molecule has 3 amide bonds. The number of amides is 3. The first-order valence-corrected chi connectivity index (χ1v) is 18.2. The van der Waals surface area contributed by atoms with Crippen molar-refractivity contribution < 1.29 is 23.9 Å². The zero-order valence-corrected chi connectivity index (χ0v) is 28.8. The maximum Gasteiger partial charge on any atom is 0.408 e. The number of benzene rings is 2. The molecule has 4 fully saturated rings. The third-order valence-corrected chi connectivity index (χ3v) is 13.0. The number of ketones is 1. The predicted octanol–water partition coefficient (Wildman–Crippen LogP) is 6.37.